The van der Waals surface area contributed by atoms with Crippen LogP contribution < -0.4 is 4.74 Å². The molecule has 0 unspecified atom stereocenters. The SMILES string of the molecule is COc1ccc(-c2c(C)nn(-c3c[c]ccc3)c2C)cc1. The fraction of sp³-hybridized carbons (Fsp3) is 0.167. The van der Waals surface area contributed by atoms with E-state index >= 15 is 0 Å². The Bertz CT molecular complexity index is 743. The molecule has 0 aliphatic heterocycles. The lowest BCUT2D eigenvalue weighted by molar-refractivity contribution is 0.415. The number of ether oxygens (including phenoxy) is 1. The van der Waals surface area contributed by atoms with Gasteiger partial charge in [0.2, 0.25) is 0 Å². The van der Waals surface area contributed by atoms with Crippen molar-refractivity contribution in [3.63, 3.8) is 0 Å². The number of aryl methyl sites for hydroxylation is 1. The van der Waals surface area contributed by atoms with Crippen LogP contribution >= 0.6 is 0 Å². The van der Waals surface area contributed by atoms with Crippen molar-refractivity contribution in [1.29, 1.82) is 0 Å². The molecule has 0 amide bonds. The van der Waals surface area contributed by atoms with Crippen LogP contribution in [-0.2, 0) is 0 Å². The summed E-state index contributed by atoms with van der Waals surface area (Å²) in [5, 5.41) is 4.66. The van der Waals surface area contributed by atoms with Crippen LogP contribution in [0.2, 0.25) is 0 Å². The fourth-order valence-corrected chi connectivity index (χ4v) is 2.59. The third-order valence-electron chi connectivity index (χ3n) is 3.61. The molecular weight excluding hydrogens is 260 g/mol. The number of benzene rings is 2. The minimum Gasteiger partial charge on any atom is -0.497 e. The predicted octanol–water partition coefficient (Wildman–Crippen LogP) is 3.96. The maximum Gasteiger partial charge on any atom is 0.118 e. The molecule has 3 aromatic rings. The van der Waals surface area contributed by atoms with Crippen LogP contribution in [0.25, 0.3) is 16.8 Å². The highest BCUT2D eigenvalue weighted by Crippen LogP contribution is 2.29. The van der Waals surface area contributed by atoms with Gasteiger partial charge in [0.15, 0.2) is 0 Å². The number of hydrogen-bond acceptors (Lipinski definition) is 2. The van der Waals surface area contributed by atoms with Crippen molar-refractivity contribution in [3.8, 4) is 22.6 Å². The minimum atomic E-state index is 0.860. The molecule has 1 radical (unpaired) electrons. The molecule has 0 atom stereocenters. The molecule has 1 heterocycles. The van der Waals surface area contributed by atoms with E-state index in [-0.39, 0.29) is 0 Å². The topological polar surface area (TPSA) is 27.1 Å². The van der Waals surface area contributed by atoms with E-state index in [2.05, 4.69) is 30.2 Å². The Labute approximate surface area is 124 Å². The zero-order valence-corrected chi connectivity index (χ0v) is 12.4. The van der Waals surface area contributed by atoms with E-state index < -0.39 is 0 Å². The molecule has 1 aromatic heterocycles. The zero-order valence-electron chi connectivity index (χ0n) is 12.4. The van der Waals surface area contributed by atoms with Crippen molar-refractivity contribution in [2.75, 3.05) is 7.11 Å². The van der Waals surface area contributed by atoms with Crippen molar-refractivity contribution < 1.29 is 4.74 Å². The average Bonchev–Trinajstić information content (AvgIpc) is 2.83. The van der Waals surface area contributed by atoms with Crippen molar-refractivity contribution in [2.45, 2.75) is 13.8 Å². The van der Waals surface area contributed by atoms with E-state index in [1.165, 1.54) is 5.56 Å². The molecule has 0 fully saturated rings. The molecule has 0 spiro atoms. The van der Waals surface area contributed by atoms with Crippen molar-refractivity contribution >= 4 is 0 Å². The van der Waals surface area contributed by atoms with Gasteiger partial charge in [0.05, 0.1) is 18.5 Å². The number of aromatic nitrogens is 2. The first-order valence-electron chi connectivity index (χ1n) is 6.88. The summed E-state index contributed by atoms with van der Waals surface area (Å²) in [4.78, 5) is 0. The molecule has 105 valence electrons. The summed E-state index contributed by atoms with van der Waals surface area (Å²) < 4.78 is 7.18. The molecule has 3 heteroatoms. The molecule has 3 nitrogen and oxygen atoms in total. The largest absolute Gasteiger partial charge is 0.497 e. The van der Waals surface area contributed by atoms with Gasteiger partial charge in [-0.1, -0.05) is 24.3 Å². The highest BCUT2D eigenvalue weighted by Gasteiger charge is 2.14. The first-order chi connectivity index (χ1) is 10.2. The summed E-state index contributed by atoms with van der Waals surface area (Å²) in [6.45, 7) is 4.13. The van der Waals surface area contributed by atoms with Crippen molar-refractivity contribution in [1.82, 2.24) is 9.78 Å². The molecule has 0 N–H and O–H groups in total. The monoisotopic (exact) mass is 277 g/mol. The van der Waals surface area contributed by atoms with Gasteiger partial charge in [-0.25, -0.2) is 4.68 Å². The Morgan fingerprint density at radius 1 is 1.10 bits per heavy atom. The van der Waals surface area contributed by atoms with Gasteiger partial charge in [0.25, 0.3) is 0 Å². The second-order valence-corrected chi connectivity index (χ2v) is 4.95. The summed E-state index contributed by atoms with van der Waals surface area (Å²) in [5.74, 6) is 0.860. The second kappa shape index (κ2) is 5.44. The van der Waals surface area contributed by atoms with Crippen LogP contribution in [0.15, 0.2) is 48.5 Å². The van der Waals surface area contributed by atoms with E-state index in [1.54, 1.807) is 7.11 Å². The molecule has 2 aromatic carbocycles. The molecule has 3 rings (SSSR count). The maximum atomic E-state index is 5.22. The van der Waals surface area contributed by atoms with Gasteiger partial charge in [-0.3, -0.25) is 0 Å². The highest BCUT2D eigenvalue weighted by atomic mass is 16.5. The van der Waals surface area contributed by atoms with Crippen LogP contribution in [0.4, 0.5) is 0 Å². The first-order valence-corrected chi connectivity index (χ1v) is 6.88. The normalized spacial score (nSPS) is 10.6. The quantitative estimate of drug-likeness (QED) is 0.724. The van der Waals surface area contributed by atoms with Crippen LogP contribution in [0.1, 0.15) is 11.4 Å². The van der Waals surface area contributed by atoms with Crippen LogP contribution in [0, 0.1) is 19.9 Å². The number of rotatable bonds is 3. The lowest BCUT2D eigenvalue weighted by Gasteiger charge is -2.06. The van der Waals surface area contributed by atoms with Gasteiger partial charge in [-0.2, -0.15) is 5.10 Å². The Hall–Kier alpha value is -2.55. The van der Waals surface area contributed by atoms with Crippen LogP contribution in [0.5, 0.6) is 5.75 Å². The lowest BCUT2D eigenvalue weighted by Crippen LogP contribution is -1.98. The zero-order chi connectivity index (χ0) is 14.8. The molecule has 0 aliphatic carbocycles. The third-order valence-corrected chi connectivity index (χ3v) is 3.61. The van der Waals surface area contributed by atoms with Crippen LogP contribution in [0.3, 0.4) is 0 Å². The fourth-order valence-electron chi connectivity index (χ4n) is 2.59. The summed E-state index contributed by atoms with van der Waals surface area (Å²) in [5.41, 5.74) is 5.48. The van der Waals surface area contributed by atoms with Gasteiger partial charge in [0, 0.05) is 11.3 Å². The highest BCUT2D eigenvalue weighted by molar-refractivity contribution is 5.69. The van der Waals surface area contributed by atoms with Gasteiger partial charge in [0.1, 0.15) is 5.75 Å². The van der Waals surface area contributed by atoms with Crippen molar-refractivity contribution in [3.05, 3.63) is 66.0 Å². The summed E-state index contributed by atoms with van der Waals surface area (Å²) in [7, 11) is 1.68. The molecule has 0 aliphatic rings. The molecule has 0 bridgehead atoms. The Morgan fingerprint density at radius 3 is 2.48 bits per heavy atom. The van der Waals surface area contributed by atoms with E-state index in [0.717, 1.165) is 28.4 Å². The smallest absolute Gasteiger partial charge is 0.118 e. The Balaban J connectivity index is 2.09. The predicted molar refractivity (Wildman–Crippen MR) is 83.9 cm³/mol. The third kappa shape index (κ3) is 2.42. The van der Waals surface area contributed by atoms with Gasteiger partial charge < -0.3 is 4.74 Å². The summed E-state index contributed by atoms with van der Waals surface area (Å²) >= 11 is 0. The Kier molecular flexibility index (Phi) is 3.48. The second-order valence-electron chi connectivity index (χ2n) is 4.95. The number of hydrogen-bond donors (Lipinski definition) is 0. The molecular formula is C18H17N2O. The molecule has 0 saturated carbocycles. The van der Waals surface area contributed by atoms with E-state index in [1.807, 2.05) is 48.0 Å². The number of methoxy groups -OCH3 is 1. The van der Waals surface area contributed by atoms with E-state index in [4.69, 9.17) is 4.74 Å². The molecule has 0 saturated heterocycles. The maximum absolute atomic E-state index is 5.22. The lowest BCUT2D eigenvalue weighted by atomic mass is 10.0. The van der Waals surface area contributed by atoms with Gasteiger partial charge >= 0.3 is 0 Å². The van der Waals surface area contributed by atoms with E-state index in [9.17, 15) is 0 Å². The number of nitrogens with zero attached hydrogens (tertiary/aromatic N) is 2. The Morgan fingerprint density at radius 2 is 1.86 bits per heavy atom. The first kappa shape index (κ1) is 13.4. The minimum absolute atomic E-state index is 0.860. The standard InChI is InChI=1S/C18H17N2O/c1-13-18(15-9-11-17(21-3)12-10-15)14(2)20(19-13)16-7-5-4-6-8-16/h4-5,7-12H,1-3H3. The van der Waals surface area contributed by atoms with E-state index in [0.29, 0.717) is 0 Å². The summed E-state index contributed by atoms with van der Waals surface area (Å²) in [6.07, 6.45) is 0. The summed E-state index contributed by atoms with van der Waals surface area (Å²) in [6, 6.07) is 19.0. The molecule has 21 heavy (non-hydrogen) atoms. The van der Waals surface area contributed by atoms with Gasteiger partial charge in [-0.05, 0) is 49.7 Å². The van der Waals surface area contributed by atoms with Gasteiger partial charge in [-0.15, -0.1) is 0 Å². The average molecular weight is 277 g/mol. The van der Waals surface area contributed by atoms with Crippen LogP contribution in [-0.4, -0.2) is 16.9 Å². The van der Waals surface area contributed by atoms with Crippen molar-refractivity contribution in [2.24, 2.45) is 0 Å².